The average Bonchev–Trinajstić information content (AvgIpc) is 2.78. The van der Waals surface area contributed by atoms with Gasteiger partial charge in [-0.3, -0.25) is 0 Å². The van der Waals surface area contributed by atoms with Crippen LogP contribution < -0.4 is 0 Å². The Balaban J connectivity index is 2.24. The molecule has 0 bridgehead atoms. The van der Waals surface area contributed by atoms with Crippen LogP contribution in [0.1, 0.15) is 31.9 Å². The highest BCUT2D eigenvalue weighted by Gasteiger charge is 2.43. The predicted molar refractivity (Wildman–Crippen MR) is 86.9 cm³/mol. The lowest BCUT2D eigenvalue weighted by atomic mass is 9.91. The van der Waals surface area contributed by atoms with Crippen molar-refractivity contribution in [1.29, 1.82) is 0 Å². The number of hydrogen-bond acceptors (Lipinski definition) is 1. The van der Waals surface area contributed by atoms with Crippen molar-refractivity contribution < 1.29 is 4.74 Å². The Hall–Kier alpha value is -2.04. The lowest BCUT2D eigenvalue weighted by Gasteiger charge is -2.27. The van der Waals surface area contributed by atoms with Gasteiger partial charge in [-0.05, 0) is 24.0 Å². The van der Waals surface area contributed by atoms with Crippen LogP contribution >= 0.6 is 0 Å². The Morgan fingerprint density at radius 1 is 0.952 bits per heavy atom. The van der Waals surface area contributed by atoms with Crippen molar-refractivity contribution in [3.63, 3.8) is 0 Å². The molecular formula is C20H20O. The van der Waals surface area contributed by atoms with Crippen molar-refractivity contribution in [2.75, 3.05) is 6.61 Å². The summed E-state index contributed by atoms with van der Waals surface area (Å²) < 4.78 is 6.37. The third-order valence-electron chi connectivity index (χ3n) is 3.84. The molecule has 3 rings (SSSR count). The molecule has 2 aromatic rings. The molecule has 0 unspecified atom stereocenters. The summed E-state index contributed by atoms with van der Waals surface area (Å²) in [5.41, 5.74) is 4.19. The van der Waals surface area contributed by atoms with E-state index in [-0.39, 0.29) is 0 Å². The summed E-state index contributed by atoms with van der Waals surface area (Å²) in [5, 5.41) is 0. The van der Waals surface area contributed by atoms with Crippen LogP contribution in [0, 0.1) is 17.8 Å². The van der Waals surface area contributed by atoms with Crippen molar-refractivity contribution in [2.45, 2.75) is 26.4 Å². The van der Waals surface area contributed by atoms with Gasteiger partial charge in [-0.2, -0.15) is 0 Å². The normalized spacial score (nSPS) is 14.3. The molecule has 1 aliphatic rings. The molecule has 106 valence electrons. The molecule has 21 heavy (non-hydrogen) atoms. The molecule has 0 atom stereocenters. The molecule has 0 aliphatic heterocycles. The van der Waals surface area contributed by atoms with E-state index in [1.165, 1.54) is 22.3 Å². The van der Waals surface area contributed by atoms with Gasteiger partial charge in [0.25, 0.3) is 0 Å². The minimum Gasteiger partial charge on any atom is -0.354 e. The van der Waals surface area contributed by atoms with E-state index in [4.69, 9.17) is 4.74 Å². The molecule has 0 aromatic heterocycles. The number of benzene rings is 2. The van der Waals surface area contributed by atoms with Crippen LogP contribution in [-0.4, -0.2) is 6.61 Å². The summed E-state index contributed by atoms with van der Waals surface area (Å²) in [6.45, 7) is 6.90. The van der Waals surface area contributed by atoms with E-state index in [9.17, 15) is 0 Å². The van der Waals surface area contributed by atoms with Crippen LogP contribution in [0.2, 0.25) is 0 Å². The van der Waals surface area contributed by atoms with Crippen LogP contribution in [0.25, 0.3) is 11.1 Å². The Morgan fingerprint density at radius 3 is 1.95 bits per heavy atom. The van der Waals surface area contributed by atoms with Crippen molar-refractivity contribution in [2.24, 2.45) is 5.92 Å². The Labute approximate surface area is 127 Å². The number of rotatable bonds is 3. The first-order valence-electron chi connectivity index (χ1n) is 7.46. The average molecular weight is 276 g/mol. The second-order valence-electron chi connectivity index (χ2n) is 5.85. The fourth-order valence-electron chi connectivity index (χ4n) is 2.99. The van der Waals surface area contributed by atoms with E-state index in [1.54, 1.807) is 0 Å². The van der Waals surface area contributed by atoms with Gasteiger partial charge >= 0.3 is 0 Å². The first-order chi connectivity index (χ1) is 10.2. The standard InChI is InChI=1S/C20H20O/c1-4-13-20(21-14-15(2)3)18-11-7-5-9-16(18)17-10-6-8-12-19(17)20/h5-12,15H,14H2,1-3H3. The molecule has 1 aliphatic carbocycles. The largest absolute Gasteiger partial charge is 0.354 e. The fourth-order valence-corrected chi connectivity index (χ4v) is 2.99. The summed E-state index contributed by atoms with van der Waals surface area (Å²) in [4.78, 5) is 0. The van der Waals surface area contributed by atoms with Crippen LogP contribution in [0.3, 0.4) is 0 Å². The van der Waals surface area contributed by atoms with Crippen LogP contribution in [0.4, 0.5) is 0 Å². The van der Waals surface area contributed by atoms with E-state index in [0.29, 0.717) is 12.5 Å². The zero-order valence-electron chi connectivity index (χ0n) is 12.8. The highest BCUT2D eigenvalue weighted by atomic mass is 16.5. The van der Waals surface area contributed by atoms with Gasteiger partial charge in [-0.1, -0.05) is 68.3 Å². The zero-order valence-corrected chi connectivity index (χ0v) is 12.8. The number of hydrogen-bond donors (Lipinski definition) is 0. The smallest absolute Gasteiger partial charge is 0.180 e. The lowest BCUT2D eigenvalue weighted by molar-refractivity contribution is 0.0132. The quantitative estimate of drug-likeness (QED) is 0.744. The monoisotopic (exact) mass is 276 g/mol. The summed E-state index contributed by atoms with van der Waals surface area (Å²) in [7, 11) is 0. The van der Waals surface area contributed by atoms with Crippen molar-refractivity contribution in [1.82, 2.24) is 0 Å². The topological polar surface area (TPSA) is 9.23 Å². The van der Waals surface area contributed by atoms with Crippen molar-refractivity contribution >= 4 is 0 Å². The highest BCUT2D eigenvalue weighted by molar-refractivity contribution is 5.82. The van der Waals surface area contributed by atoms with Crippen LogP contribution in [0.15, 0.2) is 48.5 Å². The minimum atomic E-state index is -0.619. The molecule has 0 heterocycles. The molecule has 0 saturated heterocycles. The molecule has 2 aromatic carbocycles. The number of fused-ring (bicyclic) bond motifs is 3. The van der Waals surface area contributed by atoms with E-state index in [0.717, 1.165) is 0 Å². The van der Waals surface area contributed by atoms with Gasteiger partial charge in [-0.15, -0.1) is 5.92 Å². The van der Waals surface area contributed by atoms with Gasteiger partial charge in [-0.25, -0.2) is 0 Å². The Morgan fingerprint density at radius 2 is 1.48 bits per heavy atom. The maximum absolute atomic E-state index is 6.37. The summed E-state index contributed by atoms with van der Waals surface area (Å²) in [5.74, 6) is 6.91. The minimum absolute atomic E-state index is 0.473. The van der Waals surface area contributed by atoms with Crippen molar-refractivity contribution in [3.05, 3.63) is 59.7 Å². The van der Waals surface area contributed by atoms with Crippen LogP contribution in [-0.2, 0) is 10.3 Å². The van der Waals surface area contributed by atoms with E-state index in [1.807, 2.05) is 6.92 Å². The van der Waals surface area contributed by atoms with Gasteiger partial charge in [0, 0.05) is 11.1 Å². The second kappa shape index (κ2) is 5.39. The highest BCUT2D eigenvalue weighted by Crippen LogP contribution is 2.49. The molecule has 0 amide bonds. The van der Waals surface area contributed by atoms with Gasteiger partial charge in [0.15, 0.2) is 5.60 Å². The molecular weight excluding hydrogens is 256 g/mol. The molecule has 0 saturated carbocycles. The maximum Gasteiger partial charge on any atom is 0.180 e. The predicted octanol–water partition coefficient (Wildman–Crippen LogP) is 4.61. The van der Waals surface area contributed by atoms with E-state index >= 15 is 0 Å². The lowest BCUT2D eigenvalue weighted by Crippen LogP contribution is -2.29. The molecule has 1 heteroatoms. The first kappa shape index (κ1) is 13.9. The third kappa shape index (κ3) is 2.17. The first-order valence-corrected chi connectivity index (χ1v) is 7.46. The SMILES string of the molecule is CC#CC1(OCC(C)C)c2ccccc2-c2ccccc21. The summed E-state index contributed by atoms with van der Waals surface area (Å²) in [6, 6.07) is 16.9. The van der Waals surface area contributed by atoms with Crippen molar-refractivity contribution in [3.8, 4) is 23.0 Å². The van der Waals surface area contributed by atoms with E-state index < -0.39 is 5.60 Å². The third-order valence-corrected chi connectivity index (χ3v) is 3.84. The molecule has 0 radical (unpaired) electrons. The maximum atomic E-state index is 6.37. The molecule has 0 N–H and O–H groups in total. The van der Waals surface area contributed by atoms with Gasteiger partial charge in [0.2, 0.25) is 0 Å². The van der Waals surface area contributed by atoms with Gasteiger partial charge in [0.1, 0.15) is 0 Å². The molecule has 0 spiro atoms. The second-order valence-corrected chi connectivity index (χ2v) is 5.85. The van der Waals surface area contributed by atoms with Gasteiger partial charge < -0.3 is 4.74 Å². The fraction of sp³-hybridized carbons (Fsp3) is 0.300. The molecule has 0 fully saturated rings. The summed E-state index contributed by atoms with van der Waals surface area (Å²) in [6.07, 6.45) is 0. The number of ether oxygens (including phenoxy) is 1. The Kier molecular flexibility index (Phi) is 3.57. The Bertz CT molecular complexity index is 670. The molecule has 1 nitrogen and oxygen atoms in total. The van der Waals surface area contributed by atoms with Crippen LogP contribution in [0.5, 0.6) is 0 Å². The summed E-state index contributed by atoms with van der Waals surface area (Å²) >= 11 is 0. The van der Waals surface area contributed by atoms with E-state index in [2.05, 4.69) is 74.2 Å². The van der Waals surface area contributed by atoms with Gasteiger partial charge in [0.05, 0.1) is 6.61 Å². The zero-order chi connectivity index (χ0) is 14.9.